The largest absolute Gasteiger partial charge is 0.457 e. The summed E-state index contributed by atoms with van der Waals surface area (Å²) in [5, 5.41) is 4.22. The molecular weight excluding hydrogens is 594 g/mol. The normalized spacial score (nSPS) is 18.6. The maximum absolute atomic E-state index is 13.7. The van der Waals surface area contributed by atoms with Gasteiger partial charge in [0.2, 0.25) is 0 Å². The van der Waals surface area contributed by atoms with Crippen LogP contribution in [0.25, 0.3) is 11.0 Å². The van der Waals surface area contributed by atoms with Crippen LogP contribution in [0.5, 0.6) is 11.5 Å². The lowest BCUT2D eigenvalue weighted by atomic mass is 9.99. The van der Waals surface area contributed by atoms with E-state index < -0.39 is 6.04 Å². The Labute approximate surface area is 263 Å². The quantitative estimate of drug-likeness (QED) is 0.153. The lowest BCUT2D eigenvalue weighted by molar-refractivity contribution is -0.0302. The number of hydrogen-bond acceptors (Lipinski definition) is 8. The molecule has 7 rings (SSSR count). The lowest BCUT2D eigenvalue weighted by Crippen LogP contribution is -2.49. The molecule has 2 aromatic heterocycles. The van der Waals surface area contributed by atoms with E-state index in [9.17, 15) is 14.4 Å². The number of fused-ring (bicyclic) bond motifs is 2. The third kappa shape index (κ3) is 5.32. The van der Waals surface area contributed by atoms with Crippen molar-refractivity contribution < 1.29 is 23.9 Å². The maximum Gasteiger partial charge on any atom is 0.261 e. The molecule has 1 fully saturated rings. The van der Waals surface area contributed by atoms with E-state index in [-0.39, 0.29) is 34.8 Å². The summed E-state index contributed by atoms with van der Waals surface area (Å²) in [7, 11) is 0. The zero-order valence-corrected chi connectivity index (χ0v) is 25.0. The molecular formula is C34H28ClN5O5. The fraction of sp³-hybridized carbons (Fsp3) is 0.206. The molecule has 0 aliphatic carbocycles. The summed E-state index contributed by atoms with van der Waals surface area (Å²) in [5.74, 6) is 0.792. The second-order valence-electron chi connectivity index (χ2n) is 11.1. The molecule has 2 aliphatic heterocycles. The Hall–Kier alpha value is -5.06. The molecule has 1 unspecified atom stereocenters. The molecule has 5 aromatic rings. The second-order valence-corrected chi connectivity index (χ2v) is 11.5. The molecule has 4 heterocycles. The van der Waals surface area contributed by atoms with Crippen molar-refractivity contribution in [2.45, 2.75) is 38.0 Å². The number of carbonyl (C=O) groups excluding carboxylic acids is 3. The van der Waals surface area contributed by atoms with Crippen LogP contribution < -0.4 is 10.1 Å². The number of rotatable bonds is 8. The summed E-state index contributed by atoms with van der Waals surface area (Å²) < 4.78 is 12.0. The number of amides is 2. The first kappa shape index (κ1) is 28.7. The standard InChI is InChI=1S/C34H28ClN5O5/c1-19(40-33(42)23-9-5-6-10-24(23)34(40)43)28-14-11-20(17-44-28)39-32-29-26(16-36-31(29)37-18-38-32)30(41)25-13-12-22(15-27(25)35)45-21-7-3-2-4-8-21/h2-10,12-13,15-16,18-20,28H,11,14,17H2,1H3,(H2,36,37,38,39)/t19?,20-,28+/m1/s1. The molecule has 10 nitrogen and oxygen atoms in total. The minimum atomic E-state index is -0.424. The Kier molecular flexibility index (Phi) is 7.52. The van der Waals surface area contributed by atoms with Crippen LogP contribution >= 0.6 is 11.6 Å². The average molecular weight is 622 g/mol. The number of nitrogens with one attached hydrogen (secondary N) is 2. The van der Waals surface area contributed by atoms with Gasteiger partial charge < -0.3 is 19.8 Å². The van der Waals surface area contributed by atoms with E-state index >= 15 is 0 Å². The molecule has 0 saturated carbocycles. The van der Waals surface area contributed by atoms with Gasteiger partial charge in [0.05, 0.1) is 51.9 Å². The van der Waals surface area contributed by atoms with E-state index in [1.807, 2.05) is 37.3 Å². The summed E-state index contributed by atoms with van der Waals surface area (Å²) >= 11 is 6.56. The molecule has 0 bridgehead atoms. The van der Waals surface area contributed by atoms with Gasteiger partial charge in [-0.15, -0.1) is 0 Å². The van der Waals surface area contributed by atoms with Crippen molar-refractivity contribution in [2.24, 2.45) is 0 Å². The van der Waals surface area contributed by atoms with Gasteiger partial charge in [0.1, 0.15) is 29.3 Å². The van der Waals surface area contributed by atoms with E-state index in [4.69, 9.17) is 21.1 Å². The number of halogens is 1. The molecule has 3 aromatic carbocycles. The Bertz CT molecular complexity index is 1900. The Morgan fingerprint density at radius 1 is 0.978 bits per heavy atom. The van der Waals surface area contributed by atoms with Crippen molar-refractivity contribution in [2.75, 3.05) is 11.9 Å². The number of hydrogen-bond donors (Lipinski definition) is 2. The van der Waals surface area contributed by atoms with E-state index in [0.717, 1.165) is 0 Å². The number of nitrogens with zero attached hydrogens (tertiary/aromatic N) is 3. The van der Waals surface area contributed by atoms with Crippen LogP contribution in [-0.4, -0.2) is 62.2 Å². The first-order valence-electron chi connectivity index (χ1n) is 14.6. The van der Waals surface area contributed by atoms with Crippen molar-refractivity contribution in [3.05, 3.63) is 113 Å². The van der Waals surface area contributed by atoms with Crippen LogP contribution in [-0.2, 0) is 4.74 Å². The molecule has 45 heavy (non-hydrogen) atoms. The Morgan fingerprint density at radius 2 is 1.71 bits per heavy atom. The van der Waals surface area contributed by atoms with Gasteiger partial charge >= 0.3 is 0 Å². The SMILES string of the molecule is CC([C@@H]1CC[C@@H](Nc2ncnc3[nH]cc(C(=O)c4ccc(Oc5ccccc5)cc4Cl)c23)CO1)N1C(=O)c2ccccc2C1=O. The number of H-pyrrole nitrogens is 1. The second kappa shape index (κ2) is 11.8. The van der Waals surface area contributed by atoms with Gasteiger partial charge in [-0.1, -0.05) is 41.9 Å². The number of carbonyl (C=O) groups is 3. The van der Waals surface area contributed by atoms with Gasteiger partial charge in [0.25, 0.3) is 11.8 Å². The number of ether oxygens (including phenoxy) is 2. The molecule has 1 saturated heterocycles. The zero-order valence-electron chi connectivity index (χ0n) is 24.2. The van der Waals surface area contributed by atoms with Gasteiger partial charge in [-0.2, -0.15) is 0 Å². The van der Waals surface area contributed by atoms with Gasteiger partial charge in [-0.3, -0.25) is 19.3 Å². The molecule has 2 aliphatic rings. The highest BCUT2D eigenvalue weighted by atomic mass is 35.5. The zero-order chi connectivity index (χ0) is 31.1. The van der Waals surface area contributed by atoms with Gasteiger partial charge in [0.15, 0.2) is 5.78 Å². The molecule has 2 N–H and O–H groups in total. The number of para-hydroxylation sites is 1. The van der Waals surface area contributed by atoms with Crippen LogP contribution in [0.15, 0.2) is 85.3 Å². The van der Waals surface area contributed by atoms with Crippen molar-refractivity contribution >= 4 is 46.0 Å². The Balaban J connectivity index is 1.05. The average Bonchev–Trinajstić information content (AvgIpc) is 3.61. The van der Waals surface area contributed by atoms with Gasteiger partial charge in [0, 0.05) is 17.8 Å². The van der Waals surface area contributed by atoms with E-state index in [1.165, 1.54) is 11.2 Å². The number of aromatic nitrogens is 3. The first-order chi connectivity index (χ1) is 21.9. The Morgan fingerprint density at radius 3 is 2.40 bits per heavy atom. The third-order valence-corrected chi connectivity index (χ3v) is 8.61. The van der Waals surface area contributed by atoms with Crippen LogP contribution in [0.1, 0.15) is 56.4 Å². The van der Waals surface area contributed by atoms with Crippen LogP contribution in [0.2, 0.25) is 5.02 Å². The minimum absolute atomic E-state index is 0.121. The summed E-state index contributed by atoms with van der Waals surface area (Å²) in [6.07, 6.45) is 4.04. The summed E-state index contributed by atoms with van der Waals surface area (Å²) in [6, 6.07) is 20.6. The van der Waals surface area contributed by atoms with E-state index in [0.29, 0.717) is 70.1 Å². The van der Waals surface area contributed by atoms with Crippen LogP contribution in [0, 0.1) is 0 Å². The number of imide groups is 1. The van der Waals surface area contributed by atoms with Crippen LogP contribution in [0.4, 0.5) is 5.82 Å². The van der Waals surface area contributed by atoms with Crippen molar-refractivity contribution in [3.63, 3.8) is 0 Å². The first-order valence-corrected chi connectivity index (χ1v) is 15.0. The highest BCUT2D eigenvalue weighted by Gasteiger charge is 2.42. The molecule has 3 atom stereocenters. The highest BCUT2D eigenvalue weighted by molar-refractivity contribution is 6.35. The summed E-state index contributed by atoms with van der Waals surface area (Å²) in [4.78, 5) is 52.8. The fourth-order valence-electron chi connectivity index (χ4n) is 5.97. The number of anilines is 1. The third-order valence-electron chi connectivity index (χ3n) is 8.30. The topological polar surface area (TPSA) is 127 Å². The molecule has 0 spiro atoms. The maximum atomic E-state index is 13.7. The summed E-state index contributed by atoms with van der Waals surface area (Å²) in [5.41, 5.74) is 2.04. The predicted molar refractivity (Wildman–Crippen MR) is 168 cm³/mol. The summed E-state index contributed by atoms with van der Waals surface area (Å²) in [6.45, 7) is 2.17. The van der Waals surface area contributed by atoms with E-state index in [2.05, 4.69) is 20.3 Å². The van der Waals surface area contributed by atoms with E-state index in [1.54, 1.807) is 48.7 Å². The smallest absolute Gasteiger partial charge is 0.261 e. The number of aromatic amines is 1. The molecule has 2 amide bonds. The molecule has 226 valence electrons. The predicted octanol–water partition coefficient (Wildman–Crippen LogP) is 6.28. The lowest BCUT2D eigenvalue weighted by Gasteiger charge is -2.36. The van der Waals surface area contributed by atoms with Gasteiger partial charge in [-0.25, -0.2) is 9.97 Å². The van der Waals surface area contributed by atoms with Crippen LogP contribution in [0.3, 0.4) is 0 Å². The van der Waals surface area contributed by atoms with Crippen molar-refractivity contribution in [3.8, 4) is 11.5 Å². The minimum Gasteiger partial charge on any atom is -0.457 e. The number of ketones is 1. The fourth-order valence-corrected chi connectivity index (χ4v) is 6.22. The van der Waals surface area contributed by atoms with Crippen molar-refractivity contribution in [1.82, 2.24) is 19.9 Å². The van der Waals surface area contributed by atoms with Crippen molar-refractivity contribution in [1.29, 1.82) is 0 Å². The van der Waals surface area contributed by atoms with Gasteiger partial charge in [-0.05, 0) is 56.2 Å². The monoisotopic (exact) mass is 621 g/mol. The highest BCUT2D eigenvalue weighted by Crippen LogP contribution is 2.33. The molecule has 0 radical (unpaired) electrons. The molecule has 11 heteroatoms. The number of benzene rings is 3.